The van der Waals surface area contributed by atoms with Gasteiger partial charge in [0.15, 0.2) is 0 Å². The van der Waals surface area contributed by atoms with E-state index < -0.39 is 0 Å². The van der Waals surface area contributed by atoms with Gasteiger partial charge in [0.1, 0.15) is 5.75 Å². The Hall–Kier alpha value is -1.13. The largest absolute Gasteiger partial charge is 0.492 e. The molecule has 0 fully saturated rings. The SMILES string of the molecule is CNCc1ccc(OCCCO)cn1. The van der Waals surface area contributed by atoms with E-state index in [0.717, 1.165) is 18.0 Å². The van der Waals surface area contributed by atoms with Crippen LogP contribution in [0.3, 0.4) is 0 Å². The first-order valence-corrected chi connectivity index (χ1v) is 4.70. The summed E-state index contributed by atoms with van der Waals surface area (Å²) in [6.07, 6.45) is 2.35. The highest BCUT2D eigenvalue weighted by atomic mass is 16.5. The van der Waals surface area contributed by atoms with Crippen molar-refractivity contribution < 1.29 is 9.84 Å². The number of hydrogen-bond acceptors (Lipinski definition) is 4. The first kappa shape index (κ1) is 10.9. The van der Waals surface area contributed by atoms with E-state index in [9.17, 15) is 0 Å². The topological polar surface area (TPSA) is 54.4 Å². The van der Waals surface area contributed by atoms with Crippen molar-refractivity contribution in [1.82, 2.24) is 10.3 Å². The van der Waals surface area contributed by atoms with E-state index in [1.54, 1.807) is 6.20 Å². The van der Waals surface area contributed by atoms with Crippen LogP contribution in [0.1, 0.15) is 12.1 Å². The van der Waals surface area contributed by atoms with Crippen LogP contribution in [0.2, 0.25) is 0 Å². The van der Waals surface area contributed by atoms with Crippen LogP contribution in [0, 0.1) is 0 Å². The van der Waals surface area contributed by atoms with Gasteiger partial charge >= 0.3 is 0 Å². The minimum Gasteiger partial charge on any atom is -0.492 e. The van der Waals surface area contributed by atoms with E-state index >= 15 is 0 Å². The Balaban J connectivity index is 2.38. The summed E-state index contributed by atoms with van der Waals surface area (Å²) in [4.78, 5) is 4.20. The monoisotopic (exact) mass is 196 g/mol. The summed E-state index contributed by atoms with van der Waals surface area (Å²) in [6, 6.07) is 3.81. The lowest BCUT2D eigenvalue weighted by Gasteiger charge is -2.05. The van der Waals surface area contributed by atoms with Crippen LogP contribution in [0.5, 0.6) is 5.75 Å². The van der Waals surface area contributed by atoms with Crippen molar-refractivity contribution in [1.29, 1.82) is 0 Å². The number of aliphatic hydroxyl groups is 1. The average Bonchev–Trinajstić information content (AvgIpc) is 2.21. The fraction of sp³-hybridized carbons (Fsp3) is 0.500. The molecule has 0 amide bonds. The predicted molar refractivity (Wildman–Crippen MR) is 54.2 cm³/mol. The number of nitrogens with zero attached hydrogens (tertiary/aromatic N) is 1. The van der Waals surface area contributed by atoms with Crippen LogP contribution in [0.4, 0.5) is 0 Å². The van der Waals surface area contributed by atoms with Crippen molar-refractivity contribution in [2.75, 3.05) is 20.3 Å². The second kappa shape index (κ2) is 6.34. The molecule has 2 N–H and O–H groups in total. The van der Waals surface area contributed by atoms with Gasteiger partial charge < -0.3 is 15.2 Å². The van der Waals surface area contributed by atoms with Crippen LogP contribution in [0.25, 0.3) is 0 Å². The molecular weight excluding hydrogens is 180 g/mol. The third kappa shape index (κ3) is 3.72. The summed E-state index contributed by atoms with van der Waals surface area (Å²) < 4.78 is 5.34. The molecule has 1 aromatic heterocycles. The van der Waals surface area contributed by atoms with Gasteiger partial charge in [0, 0.05) is 19.6 Å². The van der Waals surface area contributed by atoms with Gasteiger partial charge in [0.25, 0.3) is 0 Å². The summed E-state index contributed by atoms with van der Waals surface area (Å²) in [7, 11) is 1.88. The third-order valence-electron chi connectivity index (χ3n) is 1.73. The molecule has 0 saturated carbocycles. The van der Waals surface area contributed by atoms with Gasteiger partial charge in [-0.25, -0.2) is 0 Å². The number of pyridine rings is 1. The lowest BCUT2D eigenvalue weighted by atomic mass is 10.3. The highest BCUT2D eigenvalue weighted by molar-refractivity contribution is 5.19. The molecule has 4 nitrogen and oxygen atoms in total. The van der Waals surface area contributed by atoms with Crippen LogP contribution < -0.4 is 10.1 Å². The minimum absolute atomic E-state index is 0.158. The zero-order valence-electron chi connectivity index (χ0n) is 8.36. The van der Waals surface area contributed by atoms with Crippen molar-refractivity contribution in [3.8, 4) is 5.75 Å². The molecule has 4 heteroatoms. The van der Waals surface area contributed by atoms with Gasteiger partial charge in [-0.3, -0.25) is 4.98 Å². The Kier molecular flexibility index (Phi) is 4.96. The van der Waals surface area contributed by atoms with Crippen molar-refractivity contribution in [2.45, 2.75) is 13.0 Å². The van der Waals surface area contributed by atoms with E-state index in [4.69, 9.17) is 9.84 Å². The fourth-order valence-corrected chi connectivity index (χ4v) is 1.04. The molecule has 0 unspecified atom stereocenters. The third-order valence-corrected chi connectivity index (χ3v) is 1.73. The Bertz CT molecular complexity index is 249. The predicted octanol–water partition coefficient (Wildman–Crippen LogP) is 0.562. The second-order valence-corrected chi connectivity index (χ2v) is 2.94. The van der Waals surface area contributed by atoms with Crippen LogP contribution in [-0.4, -0.2) is 30.4 Å². The van der Waals surface area contributed by atoms with E-state index in [1.165, 1.54) is 0 Å². The maximum Gasteiger partial charge on any atom is 0.137 e. The lowest BCUT2D eigenvalue weighted by molar-refractivity contribution is 0.233. The highest BCUT2D eigenvalue weighted by Gasteiger charge is 1.95. The molecule has 0 aliphatic heterocycles. The molecular formula is C10H16N2O2. The maximum absolute atomic E-state index is 8.55. The van der Waals surface area contributed by atoms with Gasteiger partial charge in [-0.1, -0.05) is 0 Å². The van der Waals surface area contributed by atoms with Gasteiger partial charge in [0.05, 0.1) is 18.5 Å². The summed E-state index contributed by atoms with van der Waals surface area (Å²) in [5.41, 5.74) is 0.988. The summed E-state index contributed by atoms with van der Waals surface area (Å²) in [6.45, 7) is 1.45. The zero-order valence-corrected chi connectivity index (χ0v) is 8.36. The molecule has 1 aromatic rings. The summed E-state index contributed by atoms with van der Waals surface area (Å²) in [5.74, 6) is 0.748. The molecule has 0 aromatic carbocycles. The van der Waals surface area contributed by atoms with Crippen molar-refractivity contribution >= 4 is 0 Å². The fourth-order valence-electron chi connectivity index (χ4n) is 1.04. The smallest absolute Gasteiger partial charge is 0.137 e. The molecule has 78 valence electrons. The minimum atomic E-state index is 0.158. The van der Waals surface area contributed by atoms with E-state index in [2.05, 4.69) is 10.3 Å². The molecule has 0 spiro atoms. The molecule has 0 aliphatic carbocycles. The maximum atomic E-state index is 8.55. The normalized spacial score (nSPS) is 10.1. The summed E-state index contributed by atoms with van der Waals surface area (Å²) in [5, 5.41) is 11.6. The van der Waals surface area contributed by atoms with Gasteiger partial charge in [-0.05, 0) is 19.2 Å². The Morgan fingerprint density at radius 1 is 1.50 bits per heavy atom. The Morgan fingerprint density at radius 3 is 2.93 bits per heavy atom. The number of hydrogen-bond donors (Lipinski definition) is 2. The molecule has 0 atom stereocenters. The molecule has 0 radical (unpaired) electrons. The zero-order chi connectivity index (χ0) is 10.2. The molecule has 14 heavy (non-hydrogen) atoms. The van der Waals surface area contributed by atoms with Gasteiger partial charge in [0.2, 0.25) is 0 Å². The van der Waals surface area contributed by atoms with Crippen molar-refractivity contribution in [2.24, 2.45) is 0 Å². The van der Waals surface area contributed by atoms with Crippen molar-refractivity contribution in [3.05, 3.63) is 24.0 Å². The average molecular weight is 196 g/mol. The van der Waals surface area contributed by atoms with E-state index in [1.807, 2.05) is 19.2 Å². The summed E-state index contributed by atoms with van der Waals surface area (Å²) >= 11 is 0. The quantitative estimate of drug-likeness (QED) is 0.653. The number of aromatic nitrogens is 1. The Labute approximate surface area is 83.9 Å². The first-order valence-electron chi connectivity index (χ1n) is 4.70. The molecule has 0 aliphatic rings. The number of nitrogens with one attached hydrogen (secondary N) is 1. The van der Waals surface area contributed by atoms with Gasteiger partial charge in [-0.2, -0.15) is 0 Å². The first-order chi connectivity index (χ1) is 6.86. The van der Waals surface area contributed by atoms with E-state index in [-0.39, 0.29) is 6.61 Å². The van der Waals surface area contributed by atoms with Crippen LogP contribution in [-0.2, 0) is 6.54 Å². The second-order valence-electron chi connectivity index (χ2n) is 2.94. The molecule has 1 heterocycles. The van der Waals surface area contributed by atoms with Gasteiger partial charge in [-0.15, -0.1) is 0 Å². The number of aliphatic hydroxyl groups excluding tert-OH is 1. The van der Waals surface area contributed by atoms with E-state index in [0.29, 0.717) is 13.0 Å². The lowest BCUT2D eigenvalue weighted by Crippen LogP contribution is -2.07. The van der Waals surface area contributed by atoms with Crippen molar-refractivity contribution in [3.63, 3.8) is 0 Å². The van der Waals surface area contributed by atoms with Crippen LogP contribution >= 0.6 is 0 Å². The molecule has 0 saturated heterocycles. The molecule has 1 rings (SSSR count). The molecule has 0 bridgehead atoms. The highest BCUT2D eigenvalue weighted by Crippen LogP contribution is 2.08. The standard InChI is InChI=1S/C10H16N2O2/c1-11-7-9-3-4-10(8-12-9)14-6-2-5-13/h3-4,8,11,13H,2,5-7H2,1H3. The Morgan fingerprint density at radius 2 is 2.36 bits per heavy atom. The van der Waals surface area contributed by atoms with Crippen LogP contribution in [0.15, 0.2) is 18.3 Å². The number of rotatable bonds is 6. The number of ether oxygens (including phenoxy) is 1.